The highest BCUT2D eigenvalue weighted by Gasteiger charge is 2.33. The molecule has 4 aromatic rings. The first-order valence-corrected chi connectivity index (χ1v) is 19.2. The van der Waals surface area contributed by atoms with Gasteiger partial charge in [-0.3, -0.25) is 9.59 Å². The number of rotatable bonds is 12. The lowest BCUT2D eigenvalue weighted by Gasteiger charge is -2.23. The van der Waals surface area contributed by atoms with Crippen LogP contribution < -0.4 is 16.0 Å². The molecule has 0 radical (unpaired) electrons. The van der Waals surface area contributed by atoms with E-state index in [-0.39, 0.29) is 45.0 Å². The predicted molar refractivity (Wildman–Crippen MR) is 211 cm³/mol. The van der Waals surface area contributed by atoms with Gasteiger partial charge in [0.1, 0.15) is 25.9 Å². The molecule has 12 nitrogen and oxygen atoms in total. The molecule has 4 N–H and O–H groups in total. The largest absolute Gasteiger partial charge is 0.461 e. The summed E-state index contributed by atoms with van der Waals surface area (Å²) >= 11 is 0. The second-order valence-electron chi connectivity index (χ2n) is 14.1. The van der Waals surface area contributed by atoms with Crippen molar-refractivity contribution in [2.24, 2.45) is 5.92 Å². The summed E-state index contributed by atoms with van der Waals surface area (Å²) in [5.41, 5.74) is 5.88. The maximum absolute atomic E-state index is 13.7. The summed E-state index contributed by atoms with van der Waals surface area (Å²) < 4.78 is 16.8. The topological polar surface area (TPSA) is 169 Å². The highest BCUT2D eigenvalue weighted by atomic mass is 16.6. The first-order valence-electron chi connectivity index (χ1n) is 19.2. The number of fused-ring (bicyclic) bond motifs is 3. The zero-order valence-electron chi connectivity index (χ0n) is 31.5. The lowest BCUT2D eigenvalue weighted by molar-refractivity contribution is -0.156. The second kappa shape index (κ2) is 20.1. The smallest absolute Gasteiger partial charge is 0.407 e. The third-order valence-corrected chi connectivity index (χ3v) is 10.1. The number of alkyl carbamates (subject to hydrolysis) is 1. The fourth-order valence-corrected chi connectivity index (χ4v) is 7.08. The Balaban J connectivity index is 1.12. The Morgan fingerprint density at radius 1 is 0.807 bits per heavy atom. The van der Waals surface area contributed by atoms with Gasteiger partial charge in [-0.2, -0.15) is 0 Å². The van der Waals surface area contributed by atoms with E-state index in [1.165, 1.54) is 0 Å². The zero-order chi connectivity index (χ0) is 40.0. The van der Waals surface area contributed by atoms with E-state index in [1.807, 2.05) is 84.9 Å². The van der Waals surface area contributed by atoms with Crippen molar-refractivity contribution < 1.29 is 43.3 Å². The Kier molecular flexibility index (Phi) is 14.2. The summed E-state index contributed by atoms with van der Waals surface area (Å²) in [4.78, 5) is 67.0. The van der Waals surface area contributed by atoms with Crippen molar-refractivity contribution in [2.45, 2.75) is 62.8 Å². The quantitative estimate of drug-likeness (QED) is 0.0867. The molecule has 4 atom stereocenters. The molecule has 0 saturated carbocycles. The lowest BCUT2D eigenvalue weighted by Crippen LogP contribution is -2.49. The fraction of sp³-hybridized carbons (Fsp3) is 0.311. The number of amides is 3. The van der Waals surface area contributed by atoms with Gasteiger partial charge in [-0.1, -0.05) is 121 Å². The number of cyclic esters (lactones) is 1. The molecule has 4 unspecified atom stereocenters. The highest BCUT2D eigenvalue weighted by Crippen LogP contribution is 2.44. The number of carbonyl (C=O) groups is 5. The van der Waals surface area contributed by atoms with E-state index in [4.69, 9.17) is 14.2 Å². The van der Waals surface area contributed by atoms with Crippen LogP contribution in [0.4, 0.5) is 4.79 Å². The molecule has 296 valence electrons. The summed E-state index contributed by atoms with van der Waals surface area (Å²) in [6, 6.07) is 31.1. The molecule has 0 bridgehead atoms. The van der Waals surface area contributed by atoms with Gasteiger partial charge in [0.25, 0.3) is 0 Å². The number of carbonyl (C=O) groups excluding carboxylic acids is 5. The molecule has 6 rings (SSSR count). The maximum atomic E-state index is 13.7. The summed E-state index contributed by atoms with van der Waals surface area (Å²) in [6.45, 7) is -0.936. The Morgan fingerprint density at radius 2 is 1.44 bits per heavy atom. The maximum Gasteiger partial charge on any atom is 0.407 e. The molecule has 1 aliphatic carbocycles. The molecule has 57 heavy (non-hydrogen) atoms. The van der Waals surface area contributed by atoms with Gasteiger partial charge in [0, 0.05) is 12.3 Å². The van der Waals surface area contributed by atoms with E-state index in [0.29, 0.717) is 18.4 Å². The summed E-state index contributed by atoms with van der Waals surface area (Å²) in [5.74, 6) is -3.84. The van der Waals surface area contributed by atoms with Gasteiger partial charge >= 0.3 is 18.0 Å². The number of esters is 2. The van der Waals surface area contributed by atoms with Crippen LogP contribution in [0.1, 0.15) is 53.9 Å². The number of allylic oxidation sites excluding steroid dienone is 2. The Bertz CT molecular complexity index is 1990. The molecule has 0 aromatic heterocycles. The first kappa shape index (κ1) is 40.4. The number of ether oxygens (including phenoxy) is 3. The normalized spacial score (nSPS) is 18.9. The Hall–Kier alpha value is -6.27. The van der Waals surface area contributed by atoms with Gasteiger partial charge in [0.15, 0.2) is 6.04 Å². The van der Waals surface area contributed by atoms with E-state index >= 15 is 0 Å². The minimum Gasteiger partial charge on any atom is -0.461 e. The Morgan fingerprint density at radius 3 is 2.11 bits per heavy atom. The lowest BCUT2D eigenvalue weighted by atomic mass is 9.98. The van der Waals surface area contributed by atoms with E-state index in [1.54, 1.807) is 36.4 Å². The standard InChI is InChI=1S/C45H47N3O9/c49-26-33(24-30-14-4-1-5-15-30)46-41(50)25-32-18-8-3-9-23-39(43(52)56-29-40(47-42(32)51)44(53)55-27-31-16-6-2-7-17-31)48-45(54)57-28-38-36-21-12-10-19-34(36)35-20-11-13-22-37(35)38/h1-8,10-17,19-22,32-33,38-40,49H,9,18,23-29H2,(H,46,50)(H,47,51)(H,48,54). The molecular formula is C45H47N3O9. The molecule has 3 amide bonds. The van der Waals surface area contributed by atoms with Crippen LogP contribution in [0.5, 0.6) is 0 Å². The third-order valence-electron chi connectivity index (χ3n) is 10.1. The molecule has 0 saturated heterocycles. The van der Waals surface area contributed by atoms with Gasteiger partial charge in [-0.15, -0.1) is 0 Å². The molecule has 0 spiro atoms. The summed E-state index contributed by atoms with van der Waals surface area (Å²) in [6.07, 6.45) is 3.41. The van der Waals surface area contributed by atoms with Gasteiger partial charge in [-0.25, -0.2) is 14.4 Å². The molecule has 4 aromatic carbocycles. The molecule has 12 heteroatoms. The van der Waals surface area contributed by atoms with Crippen molar-refractivity contribution in [3.63, 3.8) is 0 Å². The van der Waals surface area contributed by atoms with Crippen molar-refractivity contribution >= 4 is 29.8 Å². The Labute approximate surface area is 331 Å². The number of nitrogens with one attached hydrogen (secondary N) is 3. The molecule has 1 aliphatic heterocycles. The van der Waals surface area contributed by atoms with E-state index < -0.39 is 60.5 Å². The van der Waals surface area contributed by atoms with Crippen molar-refractivity contribution in [1.29, 1.82) is 0 Å². The average molecular weight is 774 g/mol. The highest BCUT2D eigenvalue weighted by molar-refractivity contribution is 5.90. The van der Waals surface area contributed by atoms with Crippen LogP contribution in [0.15, 0.2) is 121 Å². The van der Waals surface area contributed by atoms with E-state index in [2.05, 4.69) is 16.0 Å². The molecule has 1 heterocycles. The van der Waals surface area contributed by atoms with Crippen LogP contribution in [0, 0.1) is 5.92 Å². The van der Waals surface area contributed by atoms with Crippen LogP contribution in [-0.2, 0) is 46.4 Å². The number of hydrogen-bond donors (Lipinski definition) is 4. The van der Waals surface area contributed by atoms with Crippen molar-refractivity contribution in [3.05, 3.63) is 144 Å². The van der Waals surface area contributed by atoms with Crippen LogP contribution >= 0.6 is 0 Å². The van der Waals surface area contributed by atoms with Crippen LogP contribution in [0.2, 0.25) is 0 Å². The zero-order valence-corrected chi connectivity index (χ0v) is 31.5. The summed E-state index contributed by atoms with van der Waals surface area (Å²) in [5, 5.41) is 18.1. The van der Waals surface area contributed by atoms with Crippen LogP contribution in [-0.4, -0.2) is 72.9 Å². The van der Waals surface area contributed by atoms with E-state index in [0.717, 1.165) is 27.8 Å². The molecule has 2 aliphatic rings. The average Bonchev–Trinajstić information content (AvgIpc) is 3.56. The van der Waals surface area contributed by atoms with Gasteiger partial charge in [-0.05, 0) is 59.1 Å². The second-order valence-corrected chi connectivity index (χ2v) is 14.1. The summed E-state index contributed by atoms with van der Waals surface area (Å²) in [7, 11) is 0. The van der Waals surface area contributed by atoms with Crippen LogP contribution in [0.3, 0.4) is 0 Å². The van der Waals surface area contributed by atoms with Gasteiger partial charge in [0.2, 0.25) is 11.8 Å². The number of hydrogen-bond acceptors (Lipinski definition) is 9. The monoisotopic (exact) mass is 773 g/mol. The third kappa shape index (κ3) is 11.2. The molecule has 0 fully saturated rings. The van der Waals surface area contributed by atoms with Crippen molar-refractivity contribution in [2.75, 3.05) is 19.8 Å². The number of benzene rings is 4. The first-order chi connectivity index (χ1) is 27.8. The molecular weight excluding hydrogens is 727 g/mol. The van der Waals surface area contributed by atoms with Crippen molar-refractivity contribution in [3.8, 4) is 11.1 Å². The minimum absolute atomic E-state index is 0.0448. The number of aliphatic hydroxyl groups is 1. The van der Waals surface area contributed by atoms with Gasteiger partial charge in [0.05, 0.1) is 18.6 Å². The fourth-order valence-electron chi connectivity index (χ4n) is 7.08. The van der Waals surface area contributed by atoms with Gasteiger partial charge < -0.3 is 35.3 Å². The predicted octanol–water partition coefficient (Wildman–Crippen LogP) is 5.13. The minimum atomic E-state index is -1.42. The number of aliphatic hydroxyl groups excluding tert-OH is 1. The SMILES string of the molecule is O=C(CC1CC=CCCC(NC(=O)OCC2c3ccccc3-c3ccccc32)C(=O)OCC(C(=O)OCc2ccccc2)NC1=O)NC(CO)Cc1ccccc1. The van der Waals surface area contributed by atoms with E-state index in [9.17, 15) is 29.1 Å². The van der Waals surface area contributed by atoms with Crippen molar-refractivity contribution in [1.82, 2.24) is 16.0 Å². The van der Waals surface area contributed by atoms with Crippen LogP contribution in [0.25, 0.3) is 11.1 Å².